The van der Waals surface area contributed by atoms with Crippen molar-refractivity contribution in [2.45, 2.75) is 19.6 Å². The molecule has 1 unspecified atom stereocenters. The van der Waals surface area contributed by atoms with Gasteiger partial charge in [-0.25, -0.2) is 4.39 Å². The highest BCUT2D eigenvalue weighted by Crippen LogP contribution is 2.28. The van der Waals surface area contributed by atoms with Gasteiger partial charge in [0.05, 0.1) is 0 Å². The third kappa shape index (κ3) is 3.71. The van der Waals surface area contributed by atoms with Crippen LogP contribution in [0.25, 0.3) is 0 Å². The van der Waals surface area contributed by atoms with Crippen LogP contribution < -0.4 is 10.1 Å². The molecule has 2 aromatic carbocycles. The summed E-state index contributed by atoms with van der Waals surface area (Å²) in [4.78, 5) is 0. The minimum Gasteiger partial charge on any atom is -0.489 e. The molecule has 0 saturated heterocycles. The molecule has 0 aliphatic carbocycles. The van der Waals surface area contributed by atoms with Gasteiger partial charge in [0.2, 0.25) is 0 Å². The van der Waals surface area contributed by atoms with Crippen LogP contribution in [0.2, 0.25) is 5.02 Å². The van der Waals surface area contributed by atoms with Gasteiger partial charge in [0, 0.05) is 16.6 Å². The summed E-state index contributed by atoms with van der Waals surface area (Å²) in [7, 11) is 1.88. The largest absolute Gasteiger partial charge is 0.489 e. The van der Waals surface area contributed by atoms with Crippen molar-refractivity contribution in [2.75, 3.05) is 7.05 Å². The average Bonchev–Trinajstić information content (AvgIpc) is 2.45. The van der Waals surface area contributed by atoms with E-state index in [0.717, 1.165) is 16.9 Å². The molecule has 0 aliphatic heterocycles. The Kier molecular flexibility index (Phi) is 4.99. The molecule has 4 heteroatoms. The minimum absolute atomic E-state index is 0.121. The molecule has 2 nitrogen and oxygen atoms in total. The number of benzene rings is 2. The summed E-state index contributed by atoms with van der Waals surface area (Å²) in [6.45, 7) is 2.35. The Morgan fingerprint density at radius 2 is 2.05 bits per heavy atom. The molecule has 1 atom stereocenters. The van der Waals surface area contributed by atoms with Gasteiger partial charge < -0.3 is 10.1 Å². The molecule has 1 N–H and O–H groups in total. The van der Waals surface area contributed by atoms with Crippen molar-refractivity contribution >= 4 is 11.6 Å². The van der Waals surface area contributed by atoms with Crippen LogP contribution in [0.1, 0.15) is 24.1 Å². The molecular weight excluding hydrogens is 277 g/mol. The SMILES string of the molecule is CNC(C)c1cc(Cl)ccc1OCc1cccc(F)c1. The van der Waals surface area contributed by atoms with E-state index >= 15 is 0 Å². The Bertz CT molecular complexity index is 588. The first kappa shape index (κ1) is 14.8. The van der Waals surface area contributed by atoms with Gasteiger partial charge >= 0.3 is 0 Å². The fraction of sp³-hybridized carbons (Fsp3) is 0.250. The molecule has 0 heterocycles. The van der Waals surface area contributed by atoms with E-state index in [1.165, 1.54) is 12.1 Å². The summed E-state index contributed by atoms with van der Waals surface area (Å²) in [5.74, 6) is 0.492. The van der Waals surface area contributed by atoms with Crippen molar-refractivity contribution in [3.05, 3.63) is 64.4 Å². The summed E-state index contributed by atoms with van der Waals surface area (Å²) < 4.78 is 18.9. The second-order valence-electron chi connectivity index (χ2n) is 4.61. The smallest absolute Gasteiger partial charge is 0.124 e. The molecule has 0 aliphatic rings. The van der Waals surface area contributed by atoms with Crippen LogP contribution in [-0.2, 0) is 6.61 Å². The summed E-state index contributed by atoms with van der Waals surface area (Å²) in [5, 5.41) is 3.82. The number of ether oxygens (including phenoxy) is 1. The van der Waals surface area contributed by atoms with Gasteiger partial charge in [-0.05, 0) is 49.9 Å². The van der Waals surface area contributed by atoms with Crippen molar-refractivity contribution in [3.8, 4) is 5.75 Å². The average molecular weight is 294 g/mol. The topological polar surface area (TPSA) is 21.3 Å². The van der Waals surface area contributed by atoms with Crippen molar-refractivity contribution in [1.82, 2.24) is 5.32 Å². The van der Waals surface area contributed by atoms with E-state index < -0.39 is 0 Å². The zero-order valence-corrected chi connectivity index (χ0v) is 12.2. The van der Waals surface area contributed by atoms with Crippen LogP contribution in [0.5, 0.6) is 5.75 Å². The van der Waals surface area contributed by atoms with Crippen molar-refractivity contribution in [3.63, 3.8) is 0 Å². The van der Waals surface area contributed by atoms with Crippen molar-refractivity contribution < 1.29 is 9.13 Å². The van der Waals surface area contributed by atoms with Crippen molar-refractivity contribution in [1.29, 1.82) is 0 Å². The summed E-state index contributed by atoms with van der Waals surface area (Å²) in [6.07, 6.45) is 0. The highest BCUT2D eigenvalue weighted by Gasteiger charge is 2.11. The zero-order chi connectivity index (χ0) is 14.5. The lowest BCUT2D eigenvalue weighted by molar-refractivity contribution is 0.299. The van der Waals surface area contributed by atoms with Crippen LogP contribution in [0.4, 0.5) is 4.39 Å². The molecule has 0 fully saturated rings. The van der Waals surface area contributed by atoms with E-state index in [9.17, 15) is 4.39 Å². The molecule has 2 aromatic rings. The first-order valence-electron chi connectivity index (χ1n) is 6.44. The molecule has 0 spiro atoms. The Labute approximate surface area is 123 Å². The maximum atomic E-state index is 13.1. The molecule has 0 radical (unpaired) electrons. The fourth-order valence-electron chi connectivity index (χ4n) is 1.93. The van der Waals surface area contributed by atoms with Crippen molar-refractivity contribution in [2.24, 2.45) is 0 Å². The normalized spacial score (nSPS) is 12.2. The van der Waals surface area contributed by atoms with Gasteiger partial charge in [-0.3, -0.25) is 0 Å². The maximum absolute atomic E-state index is 13.1. The molecule has 0 amide bonds. The predicted octanol–water partition coefficient (Wildman–Crippen LogP) is 4.34. The number of nitrogens with one attached hydrogen (secondary N) is 1. The monoisotopic (exact) mass is 293 g/mol. The molecule has 0 aromatic heterocycles. The standard InChI is InChI=1S/C16H17ClFNO/c1-11(19-2)15-9-13(17)6-7-16(15)20-10-12-4-3-5-14(18)8-12/h3-9,11,19H,10H2,1-2H3. The predicted molar refractivity (Wildman–Crippen MR) is 79.7 cm³/mol. The van der Waals surface area contributed by atoms with Crippen LogP contribution >= 0.6 is 11.6 Å². The third-order valence-corrected chi connectivity index (χ3v) is 3.39. The van der Waals surface area contributed by atoms with E-state index in [-0.39, 0.29) is 11.9 Å². The third-order valence-electron chi connectivity index (χ3n) is 3.15. The van der Waals surface area contributed by atoms with Crippen LogP contribution in [0, 0.1) is 5.82 Å². The summed E-state index contributed by atoms with van der Waals surface area (Å²) in [6, 6.07) is 12.0. The summed E-state index contributed by atoms with van der Waals surface area (Å²) in [5.41, 5.74) is 1.78. The van der Waals surface area contributed by atoms with E-state index in [1.54, 1.807) is 12.1 Å². The van der Waals surface area contributed by atoms with Gasteiger partial charge in [-0.1, -0.05) is 23.7 Å². The van der Waals surface area contributed by atoms with Gasteiger partial charge in [0.15, 0.2) is 0 Å². The lowest BCUT2D eigenvalue weighted by atomic mass is 10.1. The first-order valence-corrected chi connectivity index (χ1v) is 6.82. The van der Waals surface area contributed by atoms with E-state index in [2.05, 4.69) is 5.32 Å². The van der Waals surface area contributed by atoms with Gasteiger partial charge in [0.1, 0.15) is 18.2 Å². The number of hydrogen-bond donors (Lipinski definition) is 1. The highest BCUT2D eigenvalue weighted by atomic mass is 35.5. The van der Waals surface area contributed by atoms with Gasteiger partial charge in [-0.2, -0.15) is 0 Å². The number of halogens is 2. The molecule has 0 bridgehead atoms. The van der Waals surface area contributed by atoms with E-state index in [4.69, 9.17) is 16.3 Å². The second-order valence-corrected chi connectivity index (χ2v) is 5.05. The number of rotatable bonds is 5. The zero-order valence-electron chi connectivity index (χ0n) is 11.5. The Hall–Kier alpha value is -1.58. The molecule has 106 valence electrons. The Balaban J connectivity index is 2.16. The Morgan fingerprint density at radius 1 is 1.25 bits per heavy atom. The van der Waals surface area contributed by atoms with Crippen LogP contribution in [0.3, 0.4) is 0 Å². The van der Waals surface area contributed by atoms with Crippen LogP contribution in [0.15, 0.2) is 42.5 Å². The lowest BCUT2D eigenvalue weighted by Gasteiger charge is -2.17. The minimum atomic E-state index is -0.258. The lowest BCUT2D eigenvalue weighted by Crippen LogP contribution is -2.13. The van der Waals surface area contributed by atoms with Gasteiger partial charge in [-0.15, -0.1) is 0 Å². The van der Waals surface area contributed by atoms with Crippen LogP contribution in [-0.4, -0.2) is 7.05 Å². The molecule has 20 heavy (non-hydrogen) atoms. The first-order chi connectivity index (χ1) is 9.60. The Morgan fingerprint density at radius 3 is 2.75 bits per heavy atom. The van der Waals surface area contributed by atoms with Gasteiger partial charge in [0.25, 0.3) is 0 Å². The fourth-order valence-corrected chi connectivity index (χ4v) is 2.11. The molecule has 0 saturated carbocycles. The maximum Gasteiger partial charge on any atom is 0.124 e. The van der Waals surface area contributed by atoms with E-state index in [1.807, 2.05) is 32.2 Å². The highest BCUT2D eigenvalue weighted by molar-refractivity contribution is 6.30. The quantitative estimate of drug-likeness (QED) is 0.885. The molecular formula is C16H17ClFNO. The number of hydrogen-bond acceptors (Lipinski definition) is 2. The second kappa shape index (κ2) is 6.73. The summed E-state index contributed by atoms with van der Waals surface area (Å²) >= 11 is 6.02. The molecule has 2 rings (SSSR count). The van der Waals surface area contributed by atoms with E-state index in [0.29, 0.717) is 11.6 Å².